The van der Waals surface area contributed by atoms with Crippen molar-refractivity contribution in [3.8, 4) is 17.4 Å². The molecule has 21 heavy (non-hydrogen) atoms. The Kier molecular flexibility index (Phi) is 2.48. The van der Waals surface area contributed by atoms with Crippen LogP contribution in [0.2, 0.25) is 0 Å². The Bertz CT molecular complexity index is 1010. The normalized spacial score (nSPS) is 10.8. The lowest BCUT2D eigenvalue weighted by molar-refractivity contribution is 0.635. The second-order valence-corrected chi connectivity index (χ2v) is 4.86. The highest BCUT2D eigenvalue weighted by Gasteiger charge is 2.10. The van der Waals surface area contributed by atoms with Crippen LogP contribution in [0.1, 0.15) is 5.56 Å². The second kappa shape index (κ2) is 4.46. The average Bonchev–Trinajstić information content (AvgIpc) is 2.99. The van der Waals surface area contributed by atoms with Gasteiger partial charge in [0.2, 0.25) is 0 Å². The van der Waals surface area contributed by atoms with Gasteiger partial charge < -0.3 is 4.42 Å². The minimum Gasteiger partial charge on any atom is -0.455 e. The average molecular weight is 270 g/mol. The van der Waals surface area contributed by atoms with Crippen LogP contribution in [-0.2, 0) is 0 Å². The molecule has 0 N–H and O–H groups in total. The standard InChI is InChI=1S/C18H10N2O/c19-10-12-4-3-5-13(8-12)17-9-14-11-20-16-7-2-1-6-15(16)18(14)21-17/h1-9,11H. The van der Waals surface area contributed by atoms with E-state index in [0.29, 0.717) is 5.56 Å². The number of nitriles is 1. The van der Waals surface area contributed by atoms with Crippen molar-refractivity contribution >= 4 is 21.9 Å². The van der Waals surface area contributed by atoms with Crippen LogP contribution in [-0.4, -0.2) is 4.98 Å². The van der Waals surface area contributed by atoms with Gasteiger partial charge in [-0.2, -0.15) is 5.26 Å². The first-order chi connectivity index (χ1) is 10.3. The quantitative estimate of drug-likeness (QED) is 0.511. The zero-order valence-corrected chi connectivity index (χ0v) is 11.1. The minimum atomic E-state index is 0.621. The van der Waals surface area contributed by atoms with Crippen LogP contribution < -0.4 is 0 Å². The van der Waals surface area contributed by atoms with E-state index in [-0.39, 0.29) is 0 Å². The maximum Gasteiger partial charge on any atom is 0.145 e. The van der Waals surface area contributed by atoms with Gasteiger partial charge in [-0.05, 0) is 30.3 Å². The molecule has 4 aromatic rings. The van der Waals surface area contributed by atoms with Crippen molar-refractivity contribution in [1.82, 2.24) is 4.98 Å². The SMILES string of the molecule is N#Cc1cccc(-c2cc3cnc4ccccc4c3o2)c1. The molecular weight excluding hydrogens is 260 g/mol. The molecule has 0 bridgehead atoms. The molecule has 3 nitrogen and oxygen atoms in total. The Morgan fingerprint density at radius 2 is 1.90 bits per heavy atom. The number of para-hydroxylation sites is 1. The van der Waals surface area contributed by atoms with Gasteiger partial charge in [-0.1, -0.05) is 24.3 Å². The van der Waals surface area contributed by atoms with Crippen LogP contribution in [0.5, 0.6) is 0 Å². The van der Waals surface area contributed by atoms with Gasteiger partial charge >= 0.3 is 0 Å². The van der Waals surface area contributed by atoms with Crippen molar-refractivity contribution in [1.29, 1.82) is 5.26 Å². The van der Waals surface area contributed by atoms with Gasteiger partial charge in [0, 0.05) is 22.5 Å². The fourth-order valence-electron chi connectivity index (χ4n) is 2.51. The van der Waals surface area contributed by atoms with Gasteiger partial charge in [-0.25, -0.2) is 0 Å². The molecule has 98 valence electrons. The monoisotopic (exact) mass is 270 g/mol. The third kappa shape index (κ3) is 1.86. The Labute approximate surface area is 121 Å². The summed E-state index contributed by atoms with van der Waals surface area (Å²) >= 11 is 0. The molecule has 0 spiro atoms. The fraction of sp³-hybridized carbons (Fsp3) is 0. The molecule has 0 radical (unpaired) electrons. The third-order valence-electron chi connectivity index (χ3n) is 3.53. The summed E-state index contributed by atoms with van der Waals surface area (Å²) in [5.41, 5.74) is 3.26. The van der Waals surface area contributed by atoms with Crippen LogP contribution in [0.15, 0.2) is 65.2 Å². The van der Waals surface area contributed by atoms with E-state index in [0.717, 1.165) is 33.2 Å². The Morgan fingerprint density at radius 3 is 2.81 bits per heavy atom. The summed E-state index contributed by atoms with van der Waals surface area (Å²) in [7, 11) is 0. The highest BCUT2D eigenvalue weighted by atomic mass is 16.3. The number of fused-ring (bicyclic) bond motifs is 3. The largest absolute Gasteiger partial charge is 0.455 e. The van der Waals surface area contributed by atoms with E-state index in [1.165, 1.54) is 0 Å². The fourth-order valence-corrected chi connectivity index (χ4v) is 2.51. The van der Waals surface area contributed by atoms with Crippen molar-refractivity contribution in [2.24, 2.45) is 0 Å². The summed E-state index contributed by atoms with van der Waals surface area (Å²) in [6, 6.07) is 19.4. The maximum absolute atomic E-state index is 9.00. The molecule has 2 aromatic carbocycles. The maximum atomic E-state index is 9.00. The summed E-state index contributed by atoms with van der Waals surface area (Å²) < 4.78 is 6.02. The first kappa shape index (κ1) is 11.7. The number of rotatable bonds is 1. The number of aromatic nitrogens is 1. The minimum absolute atomic E-state index is 0.621. The van der Waals surface area contributed by atoms with E-state index in [1.807, 2.05) is 54.7 Å². The van der Waals surface area contributed by atoms with E-state index < -0.39 is 0 Å². The zero-order chi connectivity index (χ0) is 14.2. The molecule has 0 unspecified atom stereocenters. The molecule has 0 fully saturated rings. The number of hydrogen-bond acceptors (Lipinski definition) is 3. The van der Waals surface area contributed by atoms with E-state index in [4.69, 9.17) is 9.68 Å². The molecule has 0 aliphatic heterocycles. The number of hydrogen-bond donors (Lipinski definition) is 0. The molecule has 0 saturated carbocycles. The molecule has 0 atom stereocenters. The Balaban J connectivity index is 1.98. The molecule has 4 rings (SSSR count). The lowest BCUT2D eigenvalue weighted by Gasteiger charge is -1.97. The van der Waals surface area contributed by atoms with Gasteiger partial charge in [0.15, 0.2) is 0 Å². The summed E-state index contributed by atoms with van der Waals surface area (Å²) in [6.45, 7) is 0. The molecule has 2 heterocycles. The van der Waals surface area contributed by atoms with Crippen LogP contribution >= 0.6 is 0 Å². The van der Waals surface area contributed by atoms with Crippen LogP contribution in [0.25, 0.3) is 33.2 Å². The van der Waals surface area contributed by atoms with Gasteiger partial charge in [-0.3, -0.25) is 4.98 Å². The van der Waals surface area contributed by atoms with Gasteiger partial charge in [0.1, 0.15) is 11.3 Å². The Hall–Kier alpha value is -3.12. The lowest BCUT2D eigenvalue weighted by Crippen LogP contribution is -1.77. The lowest BCUT2D eigenvalue weighted by atomic mass is 10.1. The Morgan fingerprint density at radius 1 is 1.00 bits per heavy atom. The summed E-state index contributed by atoms with van der Waals surface area (Å²) in [6.07, 6.45) is 1.82. The number of nitrogens with zero attached hydrogens (tertiary/aromatic N) is 2. The van der Waals surface area contributed by atoms with Crippen molar-refractivity contribution in [3.05, 3.63) is 66.4 Å². The van der Waals surface area contributed by atoms with Gasteiger partial charge in [0.05, 0.1) is 17.1 Å². The second-order valence-electron chi connectivity index (χ2n) is 4.86. The smallest absolute Gasteiger partial charge is 0.145 e. The zero-order valence-electron chi connectivity index (χ0n) is 11.1. The van der Waals surface area contributed by atoms with Gasteiger partial charge in [0.25, 0.3) is 0 Å². The predicted octanol–water partition coefficient (Wildman–Crippen LogP) is 4.52. The van der Waals surface area contributed by atoms with Gasteiger partial charge in [-0.15, -0.1) is 0 Å². The topological polar surface area (TPSA) is 49.8 Å². The van der Waals surface area contributed by atoms with Crippen LogP contribution in [0.3, 0.4) is 0 Å². The van der Waals surface area contributed by atoms with E-state index in [2.05, 4.69) is 11.1 Å². The van der Waals surface area contributed by atoms with Crippen molar-refractivity contribution < 1.29 is 4.42 Å². The van der Waals surface area contributed by atoms with Crippen molar-refractivity contribution in [2.45, 2.75) is 0 Å². The first-order valence-corrected chi connectivity index (χ1v) is 6.63. The predicted molar refractivity (Wildman–Crippen MR) is 81.7 cm³/mol. The number of pyridine rings is 1. The van der Waals surface area contributed by atoms with E-state index >= 15 is 0 Å². The van der Waals surface area contributed by atoms with E-state index in [9.17, 15) is 0 Å². The van der Waals surface area contributed by atoms with E-state index in [1.54, 1.807) is 6.07 Å². The molecular formula is C18H10N2O. The first-order valence-electron chi connectivity index (χ1n) is 6.63. The molecule has 0 saturated heterocycles. The third-order valence-corrected chi connectivity index (χ3v) is 3.53. The number of furan rings is 1. The molecule has 2 aromatic heterocycles. The summed E-state index contributed by atoms with van der Waals surface area (Å²) in [4.78, 5) is 4.44. The van der Waals surface area contributed by atoms with Crippen LogP contribution in [0.4, 0.5) is 0 Å². The highest BCUT2D eigenvalue weighted by molar-refractivity contribution is 6.03. The summed E-state index contributed by atoms with van der Waals surface area (Å²) in [5, 5.41) is 11.0. The van der Waals surface area contributed by atoms with Crippen molar-refractivity contribution in [2.75, 3.05) is 0 Å². The molecule has 0 amide bonds. The summed E-state index contributed by atoms with van der Waals surface area (Å²) in [5.74, 6) is 0.750. The number of benzene rings is 2. The molecule has 0 aliphatic carbocycles. The highest BCUT2D eigenvalue weighted by Crippen LogP contribution is 2.31. The molecule has 0 aliphatic rings. The van der Waals surface area contributed by atoms with Crippen molar-refractivity contribution in [3.63, 3.8) is 0 Å². The van der Waals surface area contributed by atoms with Crippen LogP contribution in [0, 0.1) is 11.3 Å². The molecule has 3 heteroatoms.